The monoisotopic (exact) mass is 221 g/mol. The van der Waals surface area contributed by atoms with Crippen molar-refractivity contribution in [1.82, 2.24) is 4.90 Å². The molecule has 0 saturated heterocycles. The van der Waals surface area contributed by atoms with E-state index in [9.17, 15) is 0 Å². The van der Waals surface area contributed by atoms with E-state index in [-0.39, 0.29) is 0 Å². The Bertz CT molecular complexity index is 248. The van der Waals surface area contributed by atoms with Crippen LogP contribution in [0.1, 0.15) is 40.0 Å². The van der Waals surface area contributed by atoms with Gasteiger partial charge in [0.2, 0.25) is 0 Å². The van der Waals surface area contributed by atoms with Crippen LogP contribution in [0.3, 0.4) is 0 Å². The Hall–Kier alpha value is -0.980. The van der Waals surface area contributed by atoms with Crippen LogP contribution in [0.15, 0.2) is 36.6 Å². The maximum Gasteiger partial charge on any atom is 0.0290 e. The molecular weight excluding hydrogens is 194 g/mol. The number of nitrogens with zero attached hydrogens (tertiary/aromatic N) is 1. The van der Waals surface area contributed by atoms with Crippen LogP contribution >= 0.6 is 0 Å². The zero-order chi connectivity index (χ0) is 12.6. The van der Waals surface area contributed by atoms with E-state index in [4.69, 9.17) is 0 Å². The Morgan fingerprint density at radius 3 is 2.38 bits per heavy atom. The van der Waals surface area contributed by atoms with Gasteiger partial charge in [0.1, 0.15) is 0 Å². The third-order valence-corrected chi connectivity index (χ3v) is 2.61. The van der Waals surface area contributed by atoms with Crippen LogP contribution in [-0.4, -0.2) is 18.5 Å². The van der Waals surface area contributed by atoms with Gasteiger partial charge in [0.05, 0.1) is 0 Å². The molecule has 0 spiro atoms. The fourth-order valence-corrected chi connectivity index (χ4v) is 1.34. The van der Waals surface area contributed by atoms with Gasteiger partial charge in [-0.25, -0.2) is 0 Å². The minimum absolute atomic E-state index is 0.745. The van der Waals surface area contributed by atoms with Gasteiger partial charge < -0.3 is 4.90 Å². The van der Waals surface area contributed by atoms with E-state index in [0.29, 0.717) is 0 Å². The molecule has 0 fully saturated rings. The summed E-state index contributed by atoms with van der Waals surface area (Å²) in [6.07, 6.45) is 7.58. The summed E-state index contributed by atoms with van der Waals surface area (Å²) < 4.78 is 0. The molecule has 0 unspecified atom stereocenters. The van der Waals surface area contributed by atoms with Gasteiger partial charge in [-0.1, -0.05) is 52.0 Å². The Morgan fingerprint density at radius 1 is 1.25 bits per heavy atom. The molecule has 0 saturated carbocycles. The minimum Gasteiger partial charge on any atom is -0.375 e. The summed E-state index contributed by atoms with van der Waals surface area (Å²) in [5.41, 5.74) is 2.25. The smallest absolute Gasteiger partial charge is 0.0290 e. The van der Waals surface area contributed by atoms with Gasteiger partial charge in [0, 0.05) is 19.3 Å². The maximum atomic E-state index is 4.06. The number of rotatable bonds is 8. The van der Waals surface area contributed by atoms with Gasteiger partial charge in [0.25, 0.3) is 0 Å². The largest absolute Gasteiger partial charge is 0.375 e. The van der Waals surface area contributed by atoms with Crippen LogP contribution in [0.4, 0.5) is 0 Å². The normalized spacial score (nSPS) is 11.1. The van der Waals surface area contributed by atoms with Crippen molar-refractivity contribution in [3.63, 3.8) is 0 Å². The third-order valence-electron chi connectivity index (χ3n) is 2.61. The average Bonchev–Trinajstić information content (AvgIpc) is 2.22. The summed E-state index contributed by atoms with van der Waals surface area (Å²) in [5, 5.41) is 0. The Labute approximate surface area is 102 Å². The molecule has 1 nitrogen and oxygen atoms in total. The van der Waals surface area contributed by atoms with E-state index in [0.717, 1.165) is 31.0 Å². The third kappa shape index (κ3) is 7.33. The first-order valence-electron chi connectivity index (χ1n) is 6.23. The first-order valence-corrected chi connectivity index (χ1v) is 6.23. The molecule has 0 radical (unpaired) electrons. The van der Waals surface area contributed by atoms with Crippen molar-refractivity contribution < 1.29 is 0 Å². The molecule has 0 aliphatic carbocycles. The molecular formula is C15H27N. The second-order valence-electron chi connectivity index (χ2n) is 4.84. The lowest BCUT2D eigenvalue weighted by atomic mass is 10.1. The van der Waals surface area contributed by atoms with Crippen LogP contribution in [0, 0.1) is 5.92 Å². The molecule has 0 atom stereocenters. The Balaban J connectivity index is 3.99. The zero-order valence-electron chi connectivity index (χ0n) is 11.4. The fourth-order valence-electron chi connectivity index (χ4n) is 1.34. The van der Waals surface area contributed by atoms with Gasteiger partial charge in [-0.2, -0.15) is 0 Å². The summed E-state index contributed by atoms with van der Waals surface area (Å²) in [7, 11) is 2.09. The van der Waals surface area contributed by atoms with Crippen LogP contribution in [0.25, 0.3) is 0 Å². The second kappa shape index (κ2) is 8.20. The summed E-state index contributed by atoms with van der Waals surface area (Å²) in [6.45, 7) is 15.8. The van der Waals surface area contributed by atoms with E-state index >= 15 is 0 Å². The van der Waals surface area contributed by atoms with Crippen molar-refractivity contribution in [3.05, 3.63) is 36.6 Å². The van der Waals surface area contributed by atoms with Crippen LogP contribution < -0.4 is 0 Å². The van der Waals surface area contributed by atoms with E-state index in [2.05, 4.69) is 58.0 Å². The summed E-state index contributed by atoms with van der Waals surface area (Å²) in [6, 6.07) is 0. The Kier molecular flexibility index (Phi) is 7.70. The van der Waals surface area contributed by atoms with Crippen LogP contribution in [-0.2, 0) is 0 Å². The molecule has 92 valence electrons. The van der Waals surface area contributed by atoms with Gasteiger partial charge in [0.15, 0.2) is 0 Å². The highest BCUT2D eigenvalue weighted by atomic mass is 15.1. The molecule has 0 N–H and O–H groups in total. The van der Waals surface area contributed by atoms with Crippen molar-refractivity contribution in [2.75, 3.05) is 13.6 Å². The molecule has 0 heterocycles. The van der Waals surface area contributed by atoms with Crippen molar-refractivity contribution in [2.45, 2.75) is 40.0 Å². The van der Waals surface area contributed by atoms with E-state index in [1.807, 2.05) is 0 Å². The van der Waals surface area contributed by atoms with Gasteiger partial charge in [-0.3, -0.25) is 0 Å². The van der Waals surface area contributed by atoms with Crippen molar-refractivity contribution in [1.29, 1.82) is 0 Å². The second-order valence-corrected chi connectivity index (χ2v) is 4.84. The summed E-state index contributed by atoms with van der Waals surface area (Å²) >= 11 is 0. The molecule has 0 aromatic heterocycles. The molecule has 0 aromatic rings. The number of allylic oxidation sites excluding steroid dienone is 3. The quantitative estimate of drug-likeness (QED) is 0.549. The summed E-state index contributed by atoms with van der Waals surface area (Å²) in [4.78, 5) is 2.20. The van der Waals surface area contributed by atoms with Crippen LogP contribution in [0.5, 0.6) is 0 Å². The standard InChI is InChI=1S/C15H27N/c1-7-8-14(4)9-10-15(5)16(6)12-11-13(2)3/h9-10,13H,4-5,7-8,11-12H2,1-3,6H3/b10-9-. The first kappa shape index (κ1) is 15.0. The topological polar surface area (TPSA) is 3.24 Å². The molecule has 0 amide bonds. The zero-order valence-corrected chi connectivity index (χ0v) is 11.4. The molecule has 0 bridgehead atoms. The lowest BCUT2D eigenvalue weighted by Crippen LogP contribution is -2.18. The van der Waals surface area contributed by atoms with E-state index in [1.54, 1.807) is 0 Å². The van der Waals surface area contributed by atoms with E-state index < -0.39 is 0 Å². The molecule has 0 aromatic carbocycles. The molecule has 1 heteroatoms. The number of hydrogen-bond acceptors (Lipinski definition) is 1. The summed E-state index contributed by atoms with van der Waals surface area (Å²) in [5.74, 6) is 0.745. The fraction of sp³-hybridized carbons (Fsp3) is 0.600. The van der Waals surface area contributed by atoms with Gasteiger partial charge in [-0.05, 0) is 24.8 Å². The molecule has 0 aliphatic rings. The van der Waals surface area contributed by atoms with Gasteiger partial charge in [-0.15, -0.1) is 0 Å². The van der Waals surface area contributed by atoms with E-state index in [1.165, 1.54) is 12.0 Å². The SMILES string of the molecule is C=C(/C=C\C(=C)N(C)CCC(C)C)CCC. The highest BCUT2D eigenvalue weighted by Gasteiger charge is 2.00. The van der Waals surface area contributed by atoms with Crippen LogP contribution in [0.2, 0.25) is 0 Å². The first-order chi connectivity index (χ1) is 7.47. The van der Waals surface area contributed by atoms with Gasteiger partial charge >= 0.3 is 0 Å². The number of hydrogen-bond donors (Lipinski definition) is 0. The average molecular weight is 221 g/mol. The minimum atomic E-state index is 0.745. The molecule has 16 heavy (non-hydrogen) atoms. The highest BCUT2D eigenvalue weighted by molar-refractivity contribution is 5.23. The predicted octanol–water partition coefficient (Wildman–Crippen LogP) is 4.39. The number of likely N-dealkylation sites (N-methyl/N-ethyl adjacent to an activating group) is 1. The highest BCUT2D eigenvalue weighted by Crippen LogP contribution is 2.09. The van der Waals surface area contributed by atoms with Crippen molar-refractivity contribution in [2.24, 2.45) is 5.92 Å². The van der Waals surface area contributed by atoms with Crippen molar-refractivity contribution >= 4 is 0 Å². The maximum absolute atomic E-state index is 4.06. The molecule has 0 rings (SSSR count). The lowest BCUT2D eigenvalue weighted by molar-refractivity contribution is 0.387. The lowest BCUT2D eigenvalue weighted by Gasteiger charge is -2.20. The predicted molar refractivity (Wildman–Crippen MR) is 74.4 cm³/mol. The Morgan fingerprint density at radius 2 is 1.88 bits per heavy atom. The van der Waals surface area contributed by atoms with Crippen molar-refractivity contribution in [3.8, 4) is 0 Å². The molecule has 0 aliphatic heterocycles.